The van der Waals surface area contributed by atoms with Gasteiger partial charge in [0.05, 0.1) is 6.54 Å². The summed E-state index contributed by atoms with van der Waals surface area (Å²) < 4.78 is 0. The molecule has 2 aromatic rings. The molecule has 1 saturated carbocycles. The van der Waals surface area contributed by atoms with Crippen molar-refractivity contribution in [2.75, 3.05) is 5.32 Å². The Morgan fingerprint density at radius 2 is 2.33 bits per heavy atom. The first-order valence-corrected chi connectivity index (χ1v) is 6.85. The van der Waals surface area contributed by atoms with Gasteiger partial charge in [0, 0.05) is 23.1 Å². The molecule has 18 heavy (non-hydrogen) atoms. The number of anilines is 1. The Morgan fingerprint density at radius 3 is 3.00 bits per heavy atom. The highest BCUT2D eigenvalue weighted by molar-refractivity contribution is 7.09. The second-order valence-corrected chi connectivity index (χ2v) is 5.47. The number of aromatic nitrogens is 3. The topological polar surface area (TPSA) is 70.7 Å². The van der Waals surface area contributed by atoms with E-state index in [0.717, 1.165) is 29.4 Å². The highest BCUT2D eigenvalue weighted by atomic mass is 32.1. The van der Waals surface area contributed by atoms with Crippen molar-refractivity contribution in [3.8, 4) is 0 Å². The van der Waals surface area contributed by atoms with Crippen molar-refractivity contribution >= 4 is 17.2 Å². The maximum absolute atomic E-state index is 11.5. The number of aryl methyl sites for hydroxylation is 1. The SMILES string of the molecule is Cc1csc(CNc2cc(=O)[nH]c(C3CC3)n2)n1. The number of nitrogens with zero attached hydrogens (tertiary/aromatic N) is 2. The van der Waals surface area contributed by atoms with Gasteiger partial charge >= 0.3 is 0 Å². The monoisotopic (exact) mass is 262 g/mol. The Hall–Kier alpha value is -1.69. The second-order valence-electron chi connectivity index (χ2n) is 4.53. The Balaban J connectivity index is 1.73. The summed E-state index contributed by atoms with van der Waals surface area (Å²) in [6.07, 6.45) is 2.25. The van der Waals surface area contributed by atoms with E-state index >= 15 is 0 Å². The van der Waals surface area contributed by atoms with Gasteiger partial charge in [-0.2, -0.15) is 0 Å². The minimum atomic E-state index is -0.0929. The maximum atomic E-state index is 11.5. The number of thiazole rings is 1. The third-order valence-corrected chi connectivity index (χ3v) is 3.78. The molecule has 0 saturated heterocycles. The molecule has 1 aliphatic carbocycles. The molecule has 0 atom stereocenters. The lowest BCUT2D eigenvalue weighted by Gasteiger charge is -2.04. The lowest BCUT2D eigenvalue weighted by molar-refractivity contribution is 0.902. The van der Waals surface area contributed by atoms with Crippen LogP contribution in [0.15, 0.2) is 16.2 Å². The van der Waals surface area contributed by atoms with E-state index in [2.05, 4.69) is 20.3 Å². The Labute approximate surface area is 108 Å². The molecule has 0 amide bonds. The van der Waals surface area contributed by atoms with Gasteiger partial charge in [-0.25, -0.2) is 9.97 Å². The Kier molecular flexibility index (Phi) is 2.87. The van der Waals surface area contributed by atoms with E-state index in [-0.39, 0.29) is 5.56 Å². The second kappa shape index (κ2) is 4.53. The zero-order valence-electron chi connectivity index (χ0n) is 10.1. The number of nitrogens with one attached hydrogen (secondary N) is 2. The van der Waals surface area contributed by atoms with Crippen LogP contribution in [-0.4, -0.2) is 15.0 Å². The molecule has 5 nitrogen and oxygen atoms in total. The van der Waals surface area contributed by atoms with Gasteiger partial charge in [-0.05, 0) is 19.8 Å². The number of aromatic amines is 1. The largest absolute Gasteiger partial charge is 0.363 e. The summed E-state index contributed by atoms with van der Waals surface area (Å²) in [7, 11) is 0. The average molecular weight is 262 g/mol. The molecule has 2 N–H and O–H groups in total. The zero-order chi connectivity index (χ0) is 12.5. The van der Waals surface area contributed by atoms with Crippen molar-refractivity contribution < 1.29 is 0 Å². The summed E-state index contributed by atoms with van der Waals surface area (Å²) in [5.41, 5.74) is 0.930. The van der Waals surface area contributed by atoms with Crippen LogP contribution in [-0.2, 0) is 6.54 Å². The minimum Gasteiger partial charge on any atom is -0.363 e. The molecule has 0 radical (unpaired) electrons. The van der Waals surface area contributed by atoms with E-state index in [0.29, 0.717) is 18.3 Å². The zero-order valence-corrected chi connectivity index (χ0v) is 10.9. The Morgan fingerprint density at radius 1 is 1.50 bits per heavy atom. The van der Waals surface area contributed by atoms with Crippen LogP contribution in [0.5, 0.6) is 0 Å². The average Bonchev–Trinajstić information content (AvgIpc) is 3.10. The number of H-pyrrole nitrogens is 1. The van der Waals surface area contributed by atoms with Crippen molar-refractivity contribution in [1.29, 1.82) is 0 Å². The molecule has 0 unspecified atom stereocenters. The predicted octanol–water partition coefficient (Wildman–Crippen LogP) is 2.02. The third kappa shape index (κ3) is 2.59. The van der Waals surface area contributed by atoms with Crippen LogP contribution in [0.4, 0.5) is 5.82 Å². The maximum Gasteiger partial charge on any atom is 0.252 e. The molecular weight excluding hydrogens is 248 g/mol. The molecule has 2 aromatic heterocycles. The lowest BCUT2D eigenvalue weighted by Crippen LogP contribution is -2.13. The molecule has 6 heteroatoms. The van der Waals surface area contributed by atoms with Gasteiger partial charge in [0.25, 0.3) is 5.56 Å². The van der Waals surface area contributed by atoms with Crippen molar-refractivity contribution in [1.82, 2.24) is 15.0 Å². The van der Waals surface area contributed by atoms with Crippen LogP contribution in [0.3, 0.4) is 0 Å². The molecular formula is C12H14N4OS. The highest BCUT2D eigenvalue weighted by Gasteiger charge is 2.26. The molecule has 1 aliphatic rings. The van der Waals surface area contributed by atoms with E-state index in [9.17, 15) is 4.79 Å². The molecule has 94 valence electrons. The van der Waals surface area contributed by atoms with Crippen molar-refractivity contribution in [3.63, 3.8) is 0 Å². The van der Waals surface area contributed by atoms with Crippen molar-refractivity contribution in [3.05, 3.63) is 38.3 Å². The Bertz CT molecular complexity index is 615. The van der Waals surface area contributed by atoms with Crippen LogP contribution < -0.4 is 10.9 Å². The number of hydrogen-bond acceptors (Lipinski definition) is 5. The summed E-state index contributed by atoms with van der Waals surface area (Å²) in [6, 6.07) is 1.49. The van der Waals surface area contributed by atoms with Gasteiger partial charge in [0.15, 0.2) is 0 Å². The highest BCUT2D eigenvalue weighted by Crippen LogP contribution is 2.37. The van der Waals surface area contributed by atoms with Crippen LogP contribution >= 0.6 is 11.3 Å². The van der Waals surface area contributed by atoms with Gasteiger partial charge in [-0.15, -0.1) is 11.3 Å². The molecule has 0 bridgehead atoms. The summed E-state index contributed by atoms with van der Waals surface area (Å²) in [5, 5.41) is 6.17. The first-order chi connectivity index (χ1) is 8.70. The fourth-order valence-electron chi connectivity index (χ4n) is 1.77. The lowest BCUT2D eigenvalue weighted by atomic mass is 10.4. The standard InChI is InChI=1S/C12H14N4OS/c1-7-6-18-11(14-7)5-13-9-4-10(17)16-12(15-9)8-2-3-8/h4,6,8H,2-3,5H2,1H3,(H2,13,15,16,17). The first-order valence-electron chi connectivity index (χ1n) is 5.97. The fourth-order valence-corrected chi connectivity index (χ4v) is 2.48. The van der Waals surface area contributed by atoms with Crippen LogP contribution in [0.2, 0.25) is 0 Å². The first kappa shape index (κ1) is 11.4. The van der Waals surface area contributed by atoms with E-state index in [1.807, 2.05) is 12.3 Å². The van der Waals surface area contributed by atoms with Crippen LogP contribution in [0.25, 0.3) is 0 Å². The van der Waals surface area contributed by atoms with E-state index in [4.69, 9.17) is 0 Å². The van der Waals surface area contributed by atoms with E-state index in [1.54, 1.807) is 11.3 Å². The van der Waals surface area contributed by atoms with E-state index < -0.39 is 0 Å². The summed E-state index contributed by atoms with van der Waals surface area (Å²) in [4.78, 5) is 23.1. The third-order valence-electron chi connectivity index (χ3n) is 2.81. The smallest absolute Gasteiger partial charge is 0.252 e. The normalized spacial score (nSPS) is 14.7. The van der Waals surface area contributed by atoms with Crippen LogP contribution in [0.1, 0.15) is 35.3 Å². The van der Waals surface area contributed by atoms with Gasteiger partial charge in [0.1, 0.15) is 16.6 Å². The van der Waals surface area contributed by atoms with Gasteiger partial charge < -0.3 is 10.3 Å². The molecule has 3 rings (SSSR count). The van der Waals surface area contributed by atoms with Crippen molar-refractivity contribution in [2.45, 2.75) is 32.2 Å². The van der Waals surface area contributed by atoms with Gasteiger partial charge in [-0.3, -0.25) is 4.79 Å². The van der Waals surface area contributed by atoms with Crippen molar-refractivity contribution in [2.24, 2.45) is 0 Å². The molecule has 0 aromatic carbocycles. The molecule has 0 aliphatic heterocycles. The van der Waals surface area contributed by atoms with Gasteiger partial charge in [0.2, 0.25) is 0 Å². The summed E-state index contributed by atoms with van der Waals surface area (Å²) in [6.45, 7) is 2.58. The van der Waals surface area contributed by atoms with E-state index in [1.165, 1.54) is 6.07 Å². The summed E-state index contributed by atoms with van der Waals surface area (Å²) >= 11 is 1.61. The van der Waals surface area contributed by atoms with Crippen LogP contribution in [0, 0.1) is 6.92 Å². The minimum absolute atomic E-state index is 0.0929. The quantitative estimate of drug-likeness (QED) is 0.884. The summed E-state index contributed by atoms with van der Waals surface area (Å²) in [5.74, 6) is 1.88. The molecule has 2 heterocycles. The van der Waals surface area contributed by atoms with Gasteiger partial charge in [-0.1, -0.05) is 0 Å². The predicted molar refractivity (Wildman–Crippen MR) is 71.0 cm³/mol. The molecule has 0 spiro atoms. The number of rotatable bonds is 4. The molecule has 1 fully saturated rings. The fraction of sp³-hybridized carbons (Fsp3) is 0.417. The number of hydrogen-bond donors (Lipinski definition) is 2.